The number of carbonyl (C=O) groups excluding carboxylic acids is 1. The summed E-state index contributed by atoms with van der Waals surface area (Å²) in [6.45, 7) is 17.0. The molecule has 1 saturated carbocycles. The van der Waals surface area contributed by atoms with Gasteiger partial charge in [-0.1, -0.05) is 64.1 Å². The van der Waals surface area contributed by atoms with Gasteiger partial charge in [0, 0.05) is 5.92 Å². The zero-order chi connectivity index (χ0) is 25.3. The lowest BCUT2D eigenvalue weighted by atomic mass is 9.63. The van der Waals surface area contributed by atoms with Crippen molar-refractivity contribution in [1.29, 1.82) is 0 Å². The zero-order valence-corrected chi connectivity index (χ0v) is 22.2. The maximum Gasteiger partial charge on any atom is 0.335 e. The van der Waals surface area contributed by atoms with E-state index in [-0.39, 0.29) is 17.6 Å². The first-order valence-corrected chi connectivity index (χ1v) is 14.9. The fourth-order valence-corrected chi connectivity index (χ4v) is 6.11. The molecular weight excluding hydrogens is 448 g/mol. The lowest BCUT2D eigenvalue weighted by molar-refractivity contribution is -0.173. The highest BCUT2D eigenvalue weighted by molar-refractivity contribution is 6.74. The van der Waals surface area contributed by atoms with Crippen LogP contribution in [0.1, 0.15) is 46.1 Å². The molecule has 1 unspecified atom stereocenters. The molecule has 34 heavy (non-hydrogen) atoms. The number of rotatable bonds is 8. The van der Waals surface area contributed by atoms with Crippen LogP contribution in [0.4, 0.5) is 0 Å². The second-order valence-electron chi connectivity index (χ2n) is 11.1. The molecule has 6 nitrogen and oxygen atoms in total. The van der Waals surface area contributed by atoms with Crippen molar-refractivity contribution in [2.75, 3.05) is 0 Å². The summed E-state index contributed by atoms with van der Waals surface area (Å²) in [5, 5.41) is 9.88. The highest BCUT2D eigenvalue weighted by Crippen LogP contribution is 2.52. The summed E-state index contributed by atoms with van der Waals surface area (Å²) in [6.07, 6.45) is 3.33. The van der Waals surface area contributed by atoms with Gasteiger partial charge in [0.05, 0.1) is 18.1 Å². The Bertz CT molecular complexity index is 948. The molecule has 1 aromatic rings. The van der Waals surface area contributed by atoms with Crippen LogP contribution in [0.2, 0.25) is 18.1 Å². The van der Waals surface area contributed by atoms with E-state index >= 15 is 0 Å². The molecule has 1 heterocycles. The van der Waals surface area contributed by atoms with Crippen molar-refractivity contribution in [1.82, 2.24) is 0 Å². The van der Waals surface area contributed by atoms with Crippen molar-refractivity contribution in [2.45, 2.75) is 77.0 Å². The molecule has 0 radical (unpaired) electrons. The third-order valence-corrected chi connectivity index (χ3v) is 12.3. The van der Waals surface area contributed by atoms with Gasteiger partial charge in [0.25, 0.3) is 0 Å². The second kappa shape index (κ2) is 9.70. The van der Waals surface area contributed by atoms with Crippen LogP contribution in [-0.4, -0.2) is 37.1 Å². The summed E-state index contributed by atoms with van der Waals surface area (Å²) in [5.74, 6) is -2.07. The fourth-order valence-electron chi connectivity index (χ4n) is 4.81. The topological polar surface area (TPSA) is 82.1 Å². The molecule has 186 valence electrons. The first-order valence-electron chi connectivity index (χ1n) is 12.0. The standard InChI is InChI=1S/C27H38O6Si/c1-8-22(33-34(6,7)26(3,4)5)21-14-20(25(29)30)18(2)16-27(21)23(15-24(28)32-27)31-17-19-12-10-9-11-13-19/h8-13,15,18,20-22H,1,14,16-17H2,2-7H3,(H,29,30)/t18-,20-,21+,22?,27+/m1/s1. The zero-order valence-electron chi connectivity index (χ0n) is 21.2. The monoisotopic (exact) mass is 486 g/mol. The number of carbonyl (C=O) groups is 2. The molecule has 1 aliphatic carbocycles. The highest BCUT2D eigenvalue weighted by Gasteiger charge is 2.59. The van der Waals surface area contributed by atoms with Gasteiger partial charge in [0.15, 0.2) is 13.9 Å². The Labute approximate surface area is 204 Å². The summed E-state index contributed by atoms with van der Waals surface area (Å²) >= 11 is 0. The van der Waals surface area contributed by atoms with Gasteiger partial charge in [0.2, 0.25) is 0 Å². The molecule has 1 aromatic carbocycles. The number of carboxylic acid groups (broad SMARTS) is 1. The molecule has 5 atom stereocenters. The molecule has 0 amide bonds. The van der Waals surface area contributed by atoms with Crippen molar-refractivity contribution in [3.05, 3.63) is 60.4 Å². The Morgan fingerprint density at radius 2 is 1.97 bits per heavy atom. The van der Waals surface area contributed by atoms with Crippen LogP contribution in [0.3, 0.4) is 0 Å². The van der Waals surface area contributed by atoms with E-state index in [0.29, 0.717) is 18.6 Å². The lowest BCUT2D eigenvalue weighted by Gasteiger charge is -2.50. The van der Waals surface area contributed by atoms with Crippen molar-refractivity contribution >= 4 is 20.3 Å². The molecular formula is C27H38O6Si. The number of hydrogen-bond acceptors (Lipinski definition) is 5. The van der Waals surface area contributed by atoms with Crippen LogP contribution in [0.5, 0.6) is 0 Å². The SMILES string of the molecule is C=CC(O[Si](C)(C)C(C)(C)C)[C@@H]1C[C@@H](C(=O)O)[C@H](C)C[C@]12OC(=O)C=C2OCc1ccccc1. The largest absolute Gasteiger partial charge is 0.489 e. The van der Waals surface area contributed by atoms with E-state index in [1.807, 2.05) is 37.3 Å². The predicted molar refractivity (Wildman–Crippen MR) is 133 cm³/mol. The van der Waals surface area contributed by atoms with Crippen LogP contribution in [0.15, 0.2) is 54.8 Å². The van der Waals surface area contributed by atoms with Gasteiger partial charge in [-0.3, -0.25) is 4.79 Å². The van der Waals surface area contributed by atoms with Gasteiger partial charge in [-0.15, -0.1) is 6.58 Å². The Kier molecular flexibility index (Phi) is 7.48. The van der Waals surface area contributed by atoms with E-state index in [1.165, 1.54) is 6.08 Å². The van der Waals surface area contributed by atoms with E-state index in [2.05, 4.69) is 40.4 Å². The molecule has 3 rings (SSSR count). The van der Waals surface area contributed by atoms with Crippen molar-refractivity contribution in [2.24, 2.45) is 17.8 Å². The fraction of sp³-hybridized carbons (Fsp3) is 0.556. The van der Waals surface area contributed by atoms with Gasteiger partial charge in [-0.25, -0.2) is 4.79 Å². The minimum Gasteiger partial charge on any atom is -0.489 e. The summed E-state index contributed by atoms with van der Waals surface area (Å²) in [4.78, 5) is 24.7. The Morgan fingerprint density at radius 1 is 1.32 bits per heavy atom. The first kappa shape index (κ1) is 26.2. The van der Waals surface area contributed by atoms with E-state index in [9.17, 15) is 14.7 Å². The van der Waals surface area contributed by atoms with Gasteiger partial charge in [-0.05, 0) is 42.5 Å². The summed E-state index contributed by atoms with van der Waals surface area (Å²) in [6, 6.07) is 9.72. The molecule has 1 aliphatic heterocycles. The predicted octanol–water partition coefficient (Wildman–Crippen LogP) is 5.71. The number of hydrogen-bond donors (Lipinski definition) is 1. The van der Waals surface area contributed by atoms with Gasteiger partial charge in [0.1, 0.15) is 12.4 Å². The Hall–Kier alpha value is -2.38. The van der Waals surface area contributed by atoms with Crippen molar-refractivity contribution in [3.63, 3.8) is 0 Å². The van der Waals surface area contributed by atoms with E-state index in [0.717, 1.165) is 5.56 Å². The first-order chi connectivity index (χ1) is 15.8. The maximum absolute atomic E-state index is 12.6. The van der Waals surface area contributed by atoms with Crippen LogP contribution in [-0.2, 0) is 30.1 Å². The normalized spacial score (nSPS) is 28.2. The molecule has 2 aliphatic rings. The van der Waals surface area contributed by atoms with Crippen molar-refractivity contribution in [3.8, 4) is 0 Å². The number of carboxylic acids is 1. The molecule has 7 heteroatoms. The van der Waals surface area contributed by atoms with Gasteiger partial charge in [-0.2, -0.15) is 0 Å². The molecule has 0 aromatic heterocycles. The number of aliphatic carboxylic acids is 1. The summed E-state index contributed by atoms with van der Waals surface area (Å²) in [7, 11) is -2.24. The average Bonchev–Trinajstić information content (AvgIpc) is 3.05. The maximum atomic E-state index is 12.6. The minimum absolute atomic E-state index is 0.0512. The highest BCUT2D eigenvalue weighted by atomic mass is 28.4. The van der Waals surface area contributed by atoms with Gasteiger partial charge < -0.3 is 19.0 Å². The molecule has 0 saturated heterocycles. The Balaban J connectivity index is 2.00. The van der Waals surface area contributed by atoms with Crippen LogP contribution < -0.4 is 0 Å². The Morgan fingerprint density at radius 3 is 2.53 bits per heavy atom. The second-order valence-corrected chi connectivity index (χ2v) is 15.9. The lowest BCUT2D eigenvalue weighted by Crippen LogP contribution is -2.56. The number of benzene rings is 1. The van der Waals surface area contributed by atoms with Crippen molar-refractivity contribution < 1.29 is 28.6 Å². The van der Waals surface area contributed by atoms with Gasteiger partial charge >= 0.3 is 11.9 Å². The average molecular weight is 487 g/mol. The van der Waals surface area contributed by atoms with E-state index < -0.39 is 43.8 Å². The smallest absolute Gasteiger partial charge is 0.335 e. The third kappa shape index (κ3) is 5.15. The number of ether oxygens (including phenoxy) is 2. The molecule has 1 spiro atoms. The number of esters is 1. The minimum atomic E-state index is -2.24. The van der Waals surface area contributed by atoms with Crippen LogP contribution in [0, 0.1) is 17.8 Å². The summed E-state index contributed by atoms with van der Waals surface area (Å²) < 4.78 is 19.0. The van der Waals surface area contributed by atoms with E-state index in [4.69, 9.17) is 13.9 Å². The molecule has 1 N–H and O–H groups in total. The third-order valence-electron chi connectivity index (χ3n) is 7.79. The van der Waals surface area contributed by atoms with Crippen LogP contribution >= 0.6 is 0 Å². The molecule has 1 fully saturated rings. The quantitative estimate of drug-likeness (QED) is 0.288. The van der Waals surface area contributed by atoms with Crippen LogP contribution in [0.25, 0.3) is 0 Å². The molecule has 0 bridgehead atoms. The van der Waals surface area contributed by atoms with E-state index in [1.54, 1.807) is 6.08 Å². The summed E-state index contributed by atoms with van der Waals surface area (Å²) in [5.41, 5.74) is -0.113.